The van der Waals surface area contributed by atoms with Crippen LogP contribution in [-0.2, 0) is 6.54 Å². The van der Waals surface area contributed by atoms with E-state index < -0.39 is 0 Å². The molecular weight excluding hydrogens is 237 g/mol. The van der Waals surface area contributed by atoms with Gasteiger partial charge in [-0.25, -0.2) is 0 Å². The van der Waals surface area contributed by atoms with Crippen molar-refractivity contribution in [3.05, 3.63) is 27.7 Å². The molecule has 0 saturated heterocycles. The first-order chi connectivity index (χ1) is 7.04. The summed E-state index contributed by atoms with van der Waals surface area (Å²) in [6.45, 7) is 2.28. The molecule has 0 unspecified atom stereocenters. The van der Waals surface area contributed by atoms with Crippen LogP contribution in [0.4, 0.5) is 0 Å². The summed E-state index contributed by atoms with van der Waals surface area (Å²) in [5.74, 6) is 0.0266. The van der Waals surface area contributed by atoms with E-state index in [1.807, 2.05) is 6.92 Å². The summed E-state index contributed by atoms with van der Waals surface area (Å²) in [4.78, 5) is 0. The fourth-order valence-electron chi connectivity index (χ4n) is 1.10. The van der Waals surface area contributed by atoms with Gasteiger partial charge >= 0.3 is 0 Å². The molecule has 1 rings (SSSR count). The number of phenols is 1. The third-order valence-corrected chi connectivity index (χ3v) is 2.53. The van der Waals surface area contributed by atoms with E-state index in [1.165, 1.54) is 6.07 Å². The van der Waals surface area contributed by atoms with Gasteiger partial charge in [-0.15, -0.1) is 0 Å². The van der Waals surface area contributed by atoms with Crippen molar-refractivity contribution in [3.8, 4) is 5.75 Å². The fourth-order valence-corrected chi connectivity index (χ4v) is 1.64. The van der Waals surface area contributed by atoms with E-state index in [2.05, 4.69) is 5.32 Å². The Morgan fingerprint density at radius 1 is 1.40 bits per heavy atom. The average Bonchev–Trinajstić information content (AvgIpc) is 2.20. The summed E-state index contributed by atoms with van der Waals surface area (Å²) in [5, 5.41) is 22.2. The van der Waals surface area contributed by atoms with Crippen LogP contribution in [-0.4, -0.2) is 22.9 Å². The van der Waals surface area contributed by atoms with Crippen LogP contribution in [0.15, 0.2) is 12.1 Å². The van der Waals surface area contributed by atoms with Crippen LogP contribution in [0.1, 0.15) is 12.5 Å². The summed E-state index contributed by atoms with van der Waals surface area (Å²) in [6.07, 6.45) is 0. The number of nitrogens with one attached hydrogen (secondary N) is 1. The van der Waals surface area contributed by atoms with Crippen molar-refractivity contribution in [1.29, 1.82) is 0 Å². The Hall–Kier alpha value is -0.480. The number of aromatic hydroxyl groups is 1. The molecule has 0 aliphatic rings. The lowest BCUT2D eigenvalue weighted by Crippen LogP contribution is -2.28. The molecule has 84 valence electrons. The molecule has 0 fully saturated rings. The summed E-state index contributed by atoms with van der Waals surface area (Å²) < 4.78 is 0. The summed E-state index contributed by atoms with van der Waals surface area (Å²) in [6, 6.07) is 3.08. The molecule has 0 amide bonds. The van der Waals surface area contributed by atoms with Gasteiger partial charge in [0.25, 0.3) is 0 Å². The quantitative estimate of drug-likeness (QED) is 0.767. The number of hydrogen-bond acceptors (Lipinski definition) is 3. The van der Waals surface area contributed by atoms with Crippen molar-refractivity contribution in [3.63, 3.8) is 0 Å². The predicted octanol–water partition coefficient (Wildman–Crippen LogP) is 2.17. The van der Waals surface area contributed by atoms with E-state index in [4.69, 9.17) is 28.3 Å². The number of rotatable bonds is 4. The highest BCUT2D eigenvalue weighted by molar-refractivity contribution is 6.35. The van der Waals surface area contributed by atoms with Gasteiger partial charge in [0, 0.05) is 23.2 Å². The first kappa shape index (κ1) is 12.6. The molecule has 15 heavy (non-hydrogen) atoms. The molecule has 0 aliphatic heterocycles. The number of halogens is 2. The molecule has 0 spiro atoms. The van der Waals surface area contributed by atoms with Gasteiger partial charge < -0.3 is 15.5 Å². The highest BCUT2D eigenvalue weighted by atomic mass is 35.5. The highest BCUT2D eigenvalue weighted by Crippen LogP contribution is 2.30. The van der Waals surface area contributed by atoms with Crippen LogP contribution < -0.4 is 5.32 Å². The second kappa shape index (κ2) is 5.56. The molecule has 1 aromatic carbocycles. The van der Waals surface area contributed by atoms with Gasteiger partial charge in [-0.3, -0.25) is 0 Å². The van der Waals surface area contributed by atoms with Crippen LogP contribution >= 0.6 is 23.2 Å². The number of aliphatic hydroxyl groups excluding tert-OH is 1. The standard InChI is InChI=1S/C10H13Cl2NO2/c1-6(5-14)13-4-7-2-8(11)3-9(12)10(7)15/h2-3,6,13-15H,4-5H2,1H3/t6-/m1/s1. The Morgan fingerprint density at radius 2 is 2.07 bits per heavy atom. The third kappa shape index (κ3) is 3.54. The minimum atomic E-state index is -0.0397. The number of aliphatic hydroxyl groups is 1. The van der Waals surface area contributed by atoms with E-state index in [0.29, 0.717) is 17.1 Å². The molecule has 1 aromatic rings. The van der Waals surface area contributed by atoms with Crippen LogP contribution in [0.25, 0.3) is 0 Å². The zero-order valence-corrected chi connectivity index (χ0v) is 9.81. The van der Waals surface area contributed by atoms with Gasteiger partial charge in [0.1, 0.15) is 5.75 Å². The predicted molar refractivity (Wildman–Crippen MR) is 61.5 cm³/mol. The average molecular weight is 250 g/mol. The lowest BCUT2D eigenvalue weighted by Gasteiger charge is -2.12. The normalized spacial score (nSPS) is 12.8. The van der Waals surface area contributed by atoms with Gasteiger partial charge in [0.15, 0.2) is 0 Å². The minimum Gasteiger partial charge on any atom is -0.506 e. The van der Waals surface area contributed by atoms with Crippen molar-refractivity contribution >= 4 is 23.2 Å². The molecular formula is C10H13Cl2NO2. The maximum atomic E-state index is 9.61. The lowest BCUT2D eigenvalue weighted by atomic mass is 10.2. The Labute approximate surface area is 98.6 Å². The van der Waals surface area contributed by atoms with Crippen LogP contribution in [0, 0.1) is 0 Å². The van der Waals surface area contributed by atoms with Crippen LogP contribution in [0.3, 0.4) is 0 Å². The van der Waals surface area contributed by atoms with E-state index in [1.54, 1.807) is 6.07 Å². The van der Waals surface area contributed by atoms with Gasteiger partial charge in [0.05, 0.1) is 11.6 Å². The maximum absolute atomic E-state index is 9.61. The second-order valence-corrected chi connectivity index (χ2v) is 4.20. The molecule has 0 aliphatic carbocycles. The van der Waals surface area contributed by atoms with Gasteiger partial charge in [0.2, 0.25) is 0 Å². The first-order valence-electron chi connectivity index (χ1n) is 4.55. The molecule has 3 N–H and O–H groups in total. The lowest BCUT2D eigenvalue weighted by molar-refractivity contribution is 0.250. The van der Waals surface area contributed by atoms with Crippen molar-refractivity contribution in [2.24, 2.45) is 0 Å². The molecule has 0 aromatic heterocycles. The Bertz CT molecular complexity index is 344. The molecule has 3 nitrogen and oxygen atoms in total. The smallest absolute Gasteiger partial charge is 0.138 e. The first-order valence-corrected chi connectivity index (χ1v) is 5.31. The second-order valence-electron chi connectivity index (χ2n) is 3.36. The number of phenolic OH excluding ortho intramolecular Hbond substituents is 1. The van der Waals surface area contributed by atoms with Crippen molar-refractivity contribution in [2.75, 3.05) is 6.61 Å². The fraction of sp³-hybridized carbons (Fsp3) is 0.400. The maximum Gasteiger partial charge on any atom is 0.138 e. The zero-order valence-electron chi connectivity index (χ0n) is 8.30. The topological polar surface area (TPSA) is 52.5 Å². The number of hydrogen-bond donors (Lipinski definition) is 3. The molecule has 5 heteroatoms. The summed E-state index contributed by atoms with van der Waals surface area (Å²) >= 11 is 11.6. The summed E-state index contributed by atoms with van der Waals surface area (Å²) in [7, 11) is 0. The van der Waals surface area contributed by atoms with E-state index >= 15 is 0 Å². The minimum absolute atomic E-state index is 0.0266. The molecule has 0 heterocycles. The van der Waals surface area contributed by atoms with Crippen LogP contribution in [0.5, 0.6) is 5.75 Å². The number of benzene rings is 1. The monoisotopic (exact) mass is 249 g/mol. The molecule has 0 bridgehead atoms. The van der Waals surface area contributed by atoms with Gasteiger partial charge in [-0.2, -0.15) is 0 Å². The van der Waals surface area contributed by atoms with Crippen molar-refractivity contribution < 1.29 is 10.2 Å². The third-order valence-electron chi connectivity index (χ3n) is 2.02. The molecule has 1 atom stereocenters. The zero-order chi connectivity index (χ0) is 11.4. The largest absolute Gasteiger partial charge is 0.506 e. The SMILES string of the molecule is C[C@H](CO)NCc1cc(Cl)cc(Cl)c1O. The van der Waals surface area contributed by atoms with E-state index in [-0.39, 0.29) is 23.4 Å². The van der Waals surface area contributed by atoms with Crippen molar-refractivity contribution in [1.82, 2.24) is 5.32 Å². The Kier molecular flexibility index (Phi) is 4.67. The van der Waals surface area contributed by atoms with E-state index in [0.717, 1.165) is 0 Å². The highest BCUT2D eigenvalue weighted by Gasteiger charge is 2.08. The van der Waals surface area contributed by atoms with Gasteiger partial charge in [-0.05, 0) is 19.1 Å². The van der Waals surface area contributed by atoms with E-state index in [9.17, 15) is 5.11 Å². The molecule has 0 radical (unpaired) electrons. The Balaban J connectivity index is 2.76. The summed E-state index contributed by atoms with van der Waals surface area (Å²) in [5.41, 5.74) is 0.618. The Morgan fingerprint density at radius 3 is 2.67 bits per heavy atom. The van der Waals surface area contributed by atoms with Gasteiger partial charge in [-0.1, -0.05) is 23.2 Å². The molecule has 0 saturated carbocycles. The van der Waals surface area contributed by atoms with Crippen LogP contribution in [0.2, 0.25) is 10.0 Å². The van der Waals surface area contributed by atoms with Crippen molar-refractivity contribution in [2.45, 2.75) is 19.5 Å².